The Morgan fingerprint density at radius 1 is 0.840 bits per heavy atom. The topological polar surface area (TPSA) is 108 Å². The first kappa shape index (κ1) is 31.6. The van der Waals surface area contributed by atoms with Gasteiger partial charge >= 0.3 is 5.63 Å². The number of nitrogens with zero attached hydrogens (tertiary/aromatic N) is 4. The van der Waals surface area contributed by atoms with Gasteiger partial charge in [-0.1, -0.05) is 36.4 Å². The molecule has 50 heavy (non-hydrogen) atoms. The molecule has 0 spiro atoms. The summed E-state index contributed by atoms with van der Waals surface area (Å²) >= 11 is 0. The minimum absolute atomic E-state index is 0.0183. The zero-order valence-electron chi connectivity index (χ0n) is 28.2. The molecule has 1 N–H and O–H groups in total. The van der Waals surface area contributed by atoms with Gasteiger partial charge in [0, 0.05) is 79.6 Å². The third-order valence-corrected chi connectivity index (χ3v) is 10.4. The van der Waals surface area contributed by atoms with Crippen LogP contribution in [0.2, 0.25) is 0 Å². The number of fused-ring (bicyclic) bond motifs is 5. The van der Waals surface area contributed by atoms with Crippen LogP contribution in [-0.4, -0.2) is 60.0 Å². The summed E-state index contributed by atoms with van der Waals surface area (Å²) in [5, 5.41) is 3.63. The third kappa shape index (κ3) is 5.84. The van der Waals surface area contributed by atoms with E-state index in [2.05, 4.69) is 53.2 Å². The van der Waals surface area contributed by atoms with Crippen molar-refractivity contribution in [1.29, 1.82) is 0 Å². The van der Waals surface area contributed by atoms with Crippen LogP contribution >= 0.6 is 0 Å². The number of carbonyl (C=O) groups is 2. The van der Waals surface area contributed by atoms with Crippen LogP contribution in [0, 0.1) is 12.8 Å². The number of carbonyl (C=O) groups excluding carboxylic acids is 2. The van der Waals surface area contributed by atoms with Crippen molar-refractivity contribution in [2.24, 2.45) is 5.92 Å². The summed E-state index contributed by atoms with van der Waals surface area (Å²) in [6.07, 6.45) is 0.975. The Kier molecular flexibility index (Phi) is 8.01. The van der Waals surface area contributed by atoms with Crippen molar-refractivity contribution in [2.75, 3.05) is 47.8 Å². The van der Waals surface area contributed by atoms with Gasteiger partial charge in [0.1, 0.15) is 11.1 Å². The minimum atomic E-state index is -0.731. The van der Waals surface area contributed by atoms with Crippen molar-refractivity contribution in [3.63, 3.8) is 0 Å². The Morgan fingerprint density at radius 2 is 1.68 bits per heavy atom. The van der Waals surface area contributed by atoms with E-state index in [-0.39, 0.29) is 34.9 Å². The van der Waals surface area contributed by atoms with Crippen LogP contribution in [0.4, 0.5) is 17.1 Å². The molecule has 2 aromatic heterocycles. The first-order valence-electron chi connectivity index (χ1n) is 17.3. The highest BCUT2D eigenvalue weighted by Gasteiger charge is 2.36. The fourth-order valence-electron chi connectivity index (χ4n) is 8.06. The second-order valence-electron chi connectivity index (χ2n) is 13.9. The van der Waals surface area contributed by atoms with Gasteiger partial charge in [0.15, 0.2) is 0 Å². The summed E-state index contributed by atoms with van der Waals surface area (Å²) in [6.45, 7) is 8.00. The Bertz CT molecular complexity index is 2260. The average Bonchev–Trinajstić information content (AvgIpc) is 3.11. The maximum Gasteiger partial charge on any atom is 0.349 e. The van der Waals surface area contributed by atoms with Crippen LogP contribution in [0.5, 0.6) is 0 Å². The summed E-state index contributed by atoms with van der Waals surface area (Å²) in [5.74, 6) is -0.341. The maximum atomic E-state index is 14.1. The second-order valence-corrected chi connectivity index (χ2v) is 13.9. The standard InChI is InChI=1S/C40H39N5O5/c1-25-7-5-9-31(17-25)44-16-15-42(21-26(44)2)39(48)29-13-14-35(43-22-27-18-30(24-43)34-10-6-12-37(46)45(34)23-27)33(20-29)41-38(47)32-19-28-8-3-4-11-36(28)50-40(32)49/h3-14,17,19-20,26-27,30H,15-16,18,21-24H2,1-2H3,(H,41,47)/t26-,27-,30+/m1/s1. The lowest BCUT2D eigenvalue weighted by molar-refractivity contribution is 0.0726. The smallest absolute Gasteiger partial charge is 0.349 e. The molecule has 0 radical (unpaired) electrons. The highest BCUT2D eigenvalue weighted by Crippen LogP contribution is 2.39. The molecule has 254 valence electrons. The molecule has 8 rings (SSSR count). The predicted octanol–water partition coefficient (Wildman–Crippen LogP) is 5.49. The monoisotopic (exact) mass is 669 g/mol. The van der Waals surface area contributed by atoms with Gasteiger partial charge in [-0.2, -0.15) is 0 Å². The van der Waals surface area contributed by atoms with Gasteiger partial charge < -0.3 is 29.0 Å². The van der Waals surface area contributed by atoms with Crippen molar-refractivity contribution >= 4 is 39.8 Å². The van der Waals surface area contributed by atoms with Crippen LogP contribution in [0.25, 0.3) is 11.0 Å². The SMILES string of the molecule is Cc1cccc(N2CCN(C(=O)c3ccc(N4C[C@H]5C[C@@H](C4)c4cccc(=O)n4C5)c(NC(=O)c4cc5ccccc5oc4=O)c3)C[C@H]2C)c1. The molecule has 2 saturated heterocycles. The molecule has 0 unspecified atom stereocenters. The van der Waals surface area contributed by atoms with E-state index >= 15 is 0 Å². The normalized spacial score (nSPS) is 20.0. The maximum absolute atomic E-state index is 14.1. The number of para-hydroxylation sites is 1. The van der Waals surface area contributed by atoms with Crippen molar-refractivity contribution < 1.29 is 14.0 Å². The van der Waals surface area contributed by atoms with Crippen LogP contribution in [0.15, 0.2) is 105 Å². The van der Waals surface area contributed by atoms with Crippen molar-refractivity contribution in [3.05, 3.63) is 134 Å². The molecule has 10 nitrogen and oxygen atoms in total. The summed E-state index contributed by atoms with van der Waals surface area (Å²) in [7, 11) is 0. The summed E-state index contributed by atoms with van der Waals surface area (Å²) in [4.78, 5) is 59.9. The number of rotatable bonds is 5. The van der Waals surface area contributed by atoms with Gasteiger partial charge in [-0.15, -0.1) is 0 Å². The van der Waals surface area contributed by atoms with E-state index in [4.69, 9.17) is 4.42 Å². The Hall–Kier alpha value is -5.64. The average molecular weight is 670 g/mol. The molecule has 2 bridgehead atoms. The van der Waals surface area contributed by atoms with Gasteiger partial charge in [0.25, 0.3) is 17.4 Å². The van der Waals surface area contributed by atoms with Gasteiger partial charge in [-0.3, -0.25) is 14.4 Å². The molecule has 5 heterocycles. The number of hydrogen-bond donors (Lipinski definition) is 1. The molecule has 3 atom stereocenters. The van der Waals surface area contributed by atoms with Crippen LogP contribution in [0.3, 0.4) is 0 Å². The molecule has 5 aromatic rings. The van der Waals surface area contributed by atoms with E-state index in [1.54, 1.807) is 36.4 Å². The molecule has 3 aliphatic rings. The predicted molar refractivity (Wildman–Crippen MR) is 195 cm³/mol. The second kappa shape index (κ2) is 12.7. The number of piperazine rings is 1. The fraction of sp³-hybridized carbons (Fsp3) is 0.300. The molecule has 2 amide bonds. The quantitative estimate of drug-likeness (QED) is 0.247. The number of amides is 2. The Balaban J connectivity index is 1.11. The van der Waals surface area contributed by atoms with E-state index in [1.165, 1.54) is 5.56 Å². The Labute approximate surface area is 289 Å². The Morgan fingerprint density at radius 3 is 2.52 bits per heavy atom. The van der Waals surface area contributed by atoms with E-state index < -0.39 is 11.5 Å². The number of anilines is 3. The summed E-state index contributed by atoms with van der Waals surface area (Å²) < 4.78 is 7.36. The van der Waals surface area contributed by atoms with Crippen molar-refractivity contribution in [1.82, 2.24) is 9.47 Å². The minimum Gasteiger partial charge on any atom is -0.422 e. The first-order chi connectivity index (χ1) is 24.2. The number of aryl methyl sites for hydroxylation is 1. The number of benzene rings is 3. The van der Waals surface area contributed by atoms with Crippen LogP contribution in [0.1, 0.15) is 51.2 Å². The molecule has 2 fully saturated rings. The molecule has 0 saturated carbocycles. The lowest BCUT2D eigenvalue weighted by Gasteiger charge is -2.44. The van der Waals surface area contributed by atoms with E-state index in [1.807, 2.05) is 39.8 Å². The van der Waals surface area contributed by atoms with Gasteiger partial charge in [-0.05, 0) is 80.3 Å². The molecule has 3 aromatic carbocycles. The summed E-state index contributed by atoms with van der Waals surface area (Å²) in [5.41, 5.74) is 4.60. The highest BCUT2D eigenvalue weighted by atomic mass is 16.4. The zero-order valence-corrected chi connectivity index (χ0v) is 28.2. The molecule has 0 aliphatic carbocycles. The van der Waals surface area contributed by atoms with E-state index in [9.17, 15) is 19.2 Å². The van der Waals surface area contributed by atoms with Crippen molar-refractivity contribution in [3.8, 4) is 0 Å². The zero-order chi connectivity index (χ0) is 34.5. The fourth-order valence-corrected chi connectivity index (χ4v) is 8.06. The number of piperidine rings is 1. The van der Waals surface area contributed by atoms with Gasteiger partial charge in [-0.25, -0.2) is 4.79 Å². The molecule has 10 heteroatoms. The number of pyridine rings is 1. The van der Waals surface area contributed by atoms with Crippen molar-refractivity contribution in [2.45, 2.75) is 38.8 Å². The number of hydrogen-bond acceptors (Lipinski definition) is 7. The molecular formula is C40H39N5O5. The number of aromatic nitrogens is 1. The van der Waals surface area contributed by atoms with E-state index in [0.717, 1.165) is 23.5 Å². The highest BCUT2D eigenvalue weighted by molar-refractivity contribution is 6.08. The third-order valence-electron chi connectivity index (χ3n) is 10.4. The van der Waals surface area contributed by atoms with Crippen LogP contribution < -0.4 is 26.3 Å². The van der Waals surface area contributed by atoms with Gasteiger partial charge in [0.2, 0.25) is 0 Å². The molecular weight excluding hydrogens is 630 g/mol. The number of nitrogens with one attached hydrogen (secondary N) is 1. The lowest BCUT2D eigenvalue weighted by Crippen LogP contribution is -2.53. The van der Waals surface area contributed by atoms with Gasteiger partial charge in [0.05, 0.1) is 11.4 Å². The lowest BCUT2D eigenvalue weighted by atomic mass is 9.83. The summed E-state index contributed by atoms with van der Waals surface area (Å²) in [6, 6.07) is 28.0. The van der Waals surface area contributed by atoms with E-state index in [0.29, 0.717) is 61.5 Å². The molecule has 3 aliphatic heterocycles. The van der Waals surface area contributed by atoms with Crippen LogP contribution in [-0.2, 0) is 6.54 Å². The largest absolute Gasteiger partial charge is 0.422 e. The first-order valence-corrected chi connectivity index (χ1v) is 17.3.